The number of nitrogens with zero attached hydrogens (tertiary/aromatic N) is 1. The lowest BCUT2D eigenvalue weighted by Crippen LogP contribution is -2.28. The Bertz CT molecular complexity index is 266. The highest BCUT2D eigenvalue weighted by atomic mass is 16.4. The van der Waals surface area contributed by atoms with Crippen molar-refractivity contribution in [3.63, 3.8) is 0 Å². The summed E-state index contributed by atoms with van der Waals surface area (Å²) >= 11 is 0. The first kappa shape index (κ1) is 10.3. The molecule has 0 aliphatic carbocycles. The van der Waals surface area contributed by atoms with Gasteiger partial charge in [0, 0.05) is 13.1 Å². The van der Waals surface area contributed by atoms with E-state index in [9.17, 15) is 14.4 Å². The summed E-state index contributed by atoms with van der Waals surface area (Å²) in [5, 5.41) is 25.9. The standard InChI is InChI=1S/C7H9NO6/c9-5(10)3-1-8(7(13)14)2-4(3)6(11)12/h3-4H,1-2H2,(H,9,10)(H,11,12)(H,13,14). The Labute approximate surface area is 78.6 Å². The van der Waals surface area contributed by atoms with E-state index in [2.05, 4.69) is 0 Å². The van der Waals surface area contributed by atoms with Crippen LogP contribution in [0.1, 0.15) is 0 Å². The van der Waals surface area contributed by atoms with Crippen molar-refractivity contribution in [2.75, 3.05) is 13.1 Å². The monoisotopic (exact) mass is 203 g/mol. The van der Waals surface area contributed by atoms with Crippen LogP contribution in [-0.2, 0) is 9.59 Å². The zero-order valence-corrected chi connectivity index (χ0v) is 7.08. The topological polar surface area (TPSA) is 115 Å². The highest BCUT2D eigenvalue weighted by molar-refractivity contribution is 5.82. The summed E-state index contributed by atoms with van der Waals surface area (Å²) < 4.78 is 0. The Morgan fingerprint density at radius 1 is 0.929 bits per heavy atom. The van der Waals surface area contributed by atoms with Crippen LogP contribution in [0.3, 0.4) is 0 Å². The molecule has 1 rings (SSSR count). The number of aliphatic carboxylic acids is 2. The molecule has 0 aromatic carbocycles. The van der Waals surface area contributed by atoms with Gasteiger partial charge in [-0.25, -0.2) is 4.79 Å². The van der Waals surface area contributed by atoms with E-state index in [1.54, 1.807) is 0 Å². The van der Waals surface area contributed by atoms with Gasteiger partial charge in [0.2, 0.25) is 0 Å². The Hall–Kier alpha value is -1.79. The third-order valence-corrected chi connectivity index (χ3v) is 2.22. The van der Waals surface area contributed by atoms with Gasteiger partial charge in [-0.2, -0.15) is 0 Å². The Morgan fingerprint density at radius 3 is 1.50 bits per heavy atom. The molecule has 1 heterocycles. The molecular formula is C7H9NO6. The minimum Gasteiger partial charge on any atom is -0.481 e. The summed E-state index contributed by atoms with van der Waals surface area (Å²) in [6.07, 6.45) is -1.29. The molecule has 2 atom stereocenters. The summed E-state index contributed by atoms with van der Waals surface area (Å²) in [7, 11) is 0. The van der Waals surface area contributed by atoms with Crippen LogP contribution in [0.5, 0.6) is 0 Å². The first-order chi connectivity index (χ1) is 6.43. The molecule has 1 fully saturated rings. The van der Waals surface area contributed by atoms with Crippen LogP contribution >= 0.6 is 0 Å². The van der Waals surface area contributed by atoms with Crippen LogP contribution in [-0.4, -0.2) is 51.3 Å². The Kier molecular flexibility index (Phi) is 2.59. The number of hydrogen-bond donors (Lipinski definition) is 3. The lowest BCUT2D eigenvalue weighted by molar-refractivity contribution is -0.151. The summed E-state index contributed by atoms with van der Waals surface area (Å²) in [6, 6.07) is 0. The molecule has 0 aromatic heterocycles. The van der Waals surface area contributed by atoms with Gasteiger partial charge in [-0.1, -0.05) is 0 Å². The highest BCUT2D eigenvalue weighted by Gasteiger charge is 2.43. The molecule has 1 saturated heterocycles. The van der Waals surface area contributed by atoms with E-state index in [1.165, 1.54) is 0 Å². The van der Waals surface area contributed by atoms with Crippen molar-refractivity contribution >= 4 is 18.0 Å². The smallest absolute Gasteiger partial charge is 0.407 e. The van der Waals surface area contributed by atoms with E-state index in [0.717, 1.165) is 4.90 Å². The van der Waals surface area contributed by atoms with Crippen LogP contribution in [0.15, 0.2) is 0 Å². The lowest BCUT2D eigenvalue weighted by Gasteiger charge is -2.09. The van der Waals surface area contributed by atoms with E-state index in [1.807, 2.05) is 0 Å². The van der Waals surface area contributed by atoms with Crippen molar-refractivity contribution in [3.8, 4) is 0 Å². The number of carboxylic acid groups (broad SMARTS) is 3. The quantitative estimate of drug-likeness (QED) is 0.551. The van der Waals surface area contributed by atoms with Gasteiger partial charge < -0.3 is 20.2 Å². The van der Waals surface area contributed by atoms with Crippen LogP contribution in [0, 0.1) is 11.8 Å². The van der Waals surface area contributed by atoms with Gasteiger partial charge in [0.25, 0.3) is 0 Å². The summed E-state index contributed by atoms with van der Waals surface area (Å²) in [4.78, 5) is 32.5. The molecule has 0 radical (unpaired) electrons. The van der Waals surface area contributed by atoms with Crippen molar-refractivity contribution in [2.24, 2.45) is 11.8 Å². The molecule has 7 nitrogen and oxygen atoms in total. The van der Waals surface area contributed by atoms with Gasteiger partial charge in [-0.15, -0.1) is 0 Å². The van der Waals surface area contributed by atoms with Crippen molar-refractivity contribution in [1.82, 2.24) is 4.90 Å². The van der Waals surface area contributed by atoms with Crippen molar-refractivity contribution < 1.29 is 29.7 Å². The molecule has 78 valence electrons. The predicted octanol–water partition coefficient (Wildman–Crippen LogP) is -0.618. The number of likely N-dealkylation sites (tertiary alicyclic amines) is 1. The first-order valence-corrected chi connectivity index (χ1v) is 3.87. The molecule has 0 aromatic rings. The van der Waals surface area contributed by atoms with Crippen LogP contribution in [0.25, 0.3) is 0 Å². The second kappa shape index (κ2) is 3.52. The molecule has 0 saturated carbocycles. The molecule has 1 amide bonds. The van der Waals surface area contributed by atoms with E-state index >= 15 is 0 Å². The largest absolute Gasteiger partial charge is 0.481 e. The first-order valence-electron chi connectivity index (χ1n) is 3.87. The maximum Gasteiger partial charge on any atom is 0.407 e. The number of carbonyl (C=O) groups is 3. The van der Waals surface area contributed by atoms with Crippen LogP contribution in [0.2, 0.25) is 0 Å². The summed E-state index contributed by atoms with van der Waals surface area (Å²) in [6.45, 7) is -0.525. The zero-order chi connectivity index (χ0) is 10.9. The molecule has 0 spiro atoms. The fraction of sp³-hybridized carbons (Fsp3) is 0.571. The van der Waals surface area contributed by atoms with Gasteiger partial charge in [0.1, 0.15) is 0 Å². The normalized spacial score (nSPS) is 26.1. The molecule has 1 aliphatic rings. The van der Waals surface area contributed by atoms with E-state index < -0.39 is 29.9 Å². The SMILES string of the molecule is O=C(O)C1CN(C(=O)O)CC1C(=O)O. The average molecular weight is 203 g/mol. The number of carboxylic acids is 2. The number of hydrogen-bond acceptors (Lipinski definition) is 3. The van der Waals surface area contributed by atoms with Crippen molar-refractivity contribution in [1.29, 1.82) is 0 Å². The maximum atomic E-state index is 10.6. The fourth-order valence-electron chi connectivity index (χ4n) is 1.46. The minimum absolute atomic E-state index is 0.262. The van der Waals surface area contributed by atoms with E-state index in [-0.39, 0.29) is 13.1 Å². The molecule has 1 aliphatic heterocycles. The Morgan fingerprint density at radius 2 is 1.29 bits per heavy atom. The van der Waals surface area contributed by atoms with Gasteiger partial charge in [0.05, 0.1) is 11.8 Å². The van der Waals surface area contributed by atoms with Gasteiger partial charge >= 0.3 is 18.0 Å². The third-order valence-electron chi connectivity index (χ3n) is 2.22. The van der Waals surface area contributed by atoms with E-state index in [4.69, 9.17) is 15.3 Å². The van der Waals surface area contributed by atoms with Crippen molar-refractivity contribution in [3.05, 3.63) is 0 Å². The van der Waals surface area contributed by atoms with Crippen LogP contribution in [0.4, 0.5) is 4.79 Å². The van der Waals surface area contributed by atoms with Crippen molar-refractivity contribution in [2.45, 2.75) is 0 Å². The predicted molar refractivity (Wildman–Crippen MR) is 41.8 cm³/mol. The summed E-state index contributed by atoms with van der Waals surface area (Å²) in [5.41, 5.74) is 0. The highest BCUT2D eigenvalue weighted by Crippen LogP contribution is 2.23. The van der Waals surface area contributed by atoms with Gasteiger partial charge in [0.15, 0.2) is 0 Å². The second-order valence-corrected chi connectivity index (χ2v) is 3.08. The van der Waals surface area contributed by atoms with Gasteiger partial charge in [-0.3, -0.25) is 9.59 Å². The molecule has 2 unspecified atom stereocenters. The minimum atomic E-state index is -1.29. The summed E-state index contributed by atoms with van der Waals surface area (Å²) in [5.74, 6) is -4.85. The average Bonchev–Trinajstić information content (AvgIpc) is 2.47. The van der Waals surface area contributed by atoms with E-state index in [0.29, 0.717) is 0 Å². The Balaban J connectivity index is 2.80. The molecular weight excluding hydrogens is 194 g/mol. The second-order valence-electron chi connectivity index (χ2n) is 3.08. The zero-order valence-electron chi connectivity index (χ0n) is 7.08. The van der Waals surface area contributed by atoms with Crippen LogP contribution < -0.4 is 0 Å². The number of rotatable bonds is 2. The third kappa shape index (κ3) is 1.76. The van der Waals surface area contributed by atoms with Gasteiger partial charge in [-0.05, 0) is 0 Å². The molecule has 14 heavy (non-hydrogen) atoms. The molecule has 7 heteroatoms. The number of amides is 1. The lowest BCUT2D eigenvalue weighted by atomic mass is 9.97. The maximum absolute atomic E-state index is 10.6. The molecule has 0 bridgehead atoms. The molecule has 3 N–H and O–H groups in total. The fourth-order valence-corrected chi connectivity index (χ4v) is 1.46.